The van der Waals surface area contributed by atoms with E-state index in [0.29, 0.717) is 11.4 Å². The van der Waals surface area contributed by atoms with E-state index in [2.05, 4.69) is 4.98 Å². The van der Waals surface area contributed by atoms with Crippen molar-refractivity contribution in [3.8, 4) is 5.75 Å². The van der Waals surface area contributed by atoms with E-state index in [1.165, 1.54) is 7.11 Å². The van der Waals surface area contributed by atoms with Crippen LogP contribution in [0.25, 0.3) is 0 Å². The Morgan fingerprint density at radius 1 is 1.47 bits per heavy atom. The molecule has 0 bridgehead atoms. The van der Waals surface area contributed by atoms with Crippen molar-refractivity contribution in [3.63, 3.8) is 0 Å². The Bertz CT molecular complexity index is 595. The zero-order valence-electron chi connectivity index (χ0n) is 10.7. The summed E-state index contributed by atoms with van der Waals surface area (Å²) in [7, 11) is 1.31. The number of carbonyl (C=O) groups is 1. The molecule has 2 rings (SSSR count). The number of aryl methyl sites for hydroxylation is 1. The first kappa shape index (κ1) is 13.4. The first-order valence-corrected chi connectivity index (χ1v) is 6.50. The van der Waals surface area contributed by atoms with E-state index >= 15 is 0 Å². The zero-order chi connectivity index (χ0) is 13.8. The smallest absolute Gasteiger partial charge is 0.343 e. The number of thiazole rings is 1. The minimum absolute atomic E-state index is 0.247. The highest BCUT2D eigenvalue weighted by Gasteiger charge is 2.16. The standard InChI is InChI=1S/C13H14N2O3S/c1-8-15-9(7-19-8)6-18-11-5-3-4-10(14)12(11)13(16)17-2/h3-5,7H,6,14H2,1-2H3. The van der Waals surface area contributed by atoms with Crippen molar-refractivity contribution < 1.29 is 14.3 Å². The van der Waals surface area contributed by atoms with Crippen LogP contribution in [0.15, 0.2) is 23.6 Å². The van der Waals surface area contributed by atoms with Gasteiger partial charge in [0, 0.05) is 11.1 Å². The van der Waals surface area contributed by atoms with E-state index in [0.717, 1.165) is 10.7 Å². The lowest BCUT2D eigenvalue weighted by atomic mass is 10.1. The van der Waals surface area contributed by atoms with Crippen molar-refractivity contribution >= 4 is 23.0 Å². The Morgan fingerprint density at radius 2 is 2.26 bits per heavy atom. The van der Waals surface area contributed by atoms with Gasteiger partial charge >= 0.3 is 5.97 Å². The van der Waals surface area contributed by atoms with E-state index < -0.39 is 5.97 Å². The van der Waals surface area contributed by atoms with Crippen LogP contribution in [0.3, 0.4) is 0 Å². The molecule has 19 heavy (non-hydrogen) atoms. The highest BCUT2D eigenvalue weighted by molar-refractivity contribution is 7.09. The number of benzene rings is 1. The molecule has 0 saturated heterocycles. The van der Waals surface area contributed by atoms with E-state index in [1.807, 2.05) is 12.3 Å². The van der Waals surface area contributed by atoms with Gasteiger partial charge in [-0.15, -0.1) is 11.3 Å². The van der Waals surface area contributed by atoms with E-state index in [9.17, 15) is 4.79 Å². The molecule has 1 aromatic carbocycles. The molecular weight excluding hydrogens is 264 g/mol. The number of nitrogen functional groups attached to an aromatic ring is 1. The van der Waals surface area contributed by atoms with E-state index in [4.69, 9.17) is 15.2 Å². The van der Waals surface area contributed by atoms with Gasteiger partial charge in [0.05, 0.1) is 17.8 Å². The number of nitrogens with two attached hydrogens (primary N) is 1. The quantitative estimate of drug-likeness (QED) is 0.686. The summed E-state index contributed by atoms with van der Waals surface area (Å²) < 4.78 is 10.3. The molecule has 5 nitrogen and oxygen atoms in total. The second-order valence-electron chi connectivity index (χ2n) is 3.86. The average molecular weight is 278 g/mol. The molecule has 6 heteroatoms. The van der Waals surface area contributed by atoms with Crippen LogP contribution in [0.4, 0.5) is 5.69 Å². The molecule has 0 aliphatic carbocycles. The molecule has 0 atom stereocenters. The number of anilines is 1. The predicted molar refractivity (Wildman–Crippen MR) is 73.4 cm³/mol. The molecule has 1 aromatic heterocycles. The SMILES string of the molecule is COC(=O)c1c(N)cccc1OCc1csc(C)n1. The lowest BCUT2D eigenvalue weighted by molar-refractivity contribution is 0.0597. The van der Waals surface area contributed by atoms with Crippen molar-refractivity contribution in [2.75, 3.05) is 12.8 Å². The molecule has 0 radical (unpaired) electrons. The van der Waals surface area contributed by atoms with Crippen LogP contribution in [0.5, 0.6) is 5.75 Å². The molecule has 2 aromatic rings. The molecule has 2 N–H and O–H groups in total. The largest absolute Gasteiger partial charge is 0.486 e. The van der Waals surface area contributed by atoms with Crippen molar-refractivity contribution in [1.82, 2.24) is 4.98 Å². The fourth-order valence-corrected chi connectivity index (χ4v) is 2.21. The molecule has 1 heterocycles. The molecule has 0 aliphatic rings. The van der Waals surface area contributed by atoms with Gasteiger partial charge in [-0.3, -0.25) is 0 Å². The summed E-state index contributed by atoms with van der Waals surface area (Å²) in [5.41, 5.74) is 7.18. The topological polar surface area (TPSA) is 74.4 Å². The molecule has 0 fully saturated rings. The minimum Gasteiger partial charge on any atom is -0.486 e. The third-order valence-electron chi connectivity index (χ3n) is 2.49. The first-order chi connectivity index (χ1) is 9.11. The molecule has 0 aliphatic heterocycles. The van der Waals surface area contributed by atoms with Gasteiger partial charge in [0.1, 0.15) is 17.9 Å². The van der Waals surface area contributed by atoms with Crippen LogP contribution in [0, 0.1) is 6.92 Å². The summed E-state index contributed by atoms with van der Waals surface area (Å²) in [4.78, 5) is 16.0. The van der Waals surface area contributed by atoms with E-state index in [-0.39, 0.29) is 12.2 Å². The lowest BCUT2D eigenvalue weighted by Crippen LogP contribution is -2.09. The second kappa shape index (κ2) is 5.71. The maximum atomic E-state index is 11.7. The fourth-order valence-electron chi connectivity index (χ4n) is 1.62. The summed E-state index contributed by atoms with van der Waals surface area (Å²) in [5.74, 6) is -0.111. The Kier molecular flexibility index (Phi) is 4.01. The van der Waals surface area contributed by atoms with Crippen molar-refractivity contribution in [3.05, 3.63) is 39.8 Å². The van der Waals surface area contributed by atoms with Gasteiger partial charge in [0.2, 0.25) is 0 Å². The number of esters is 1. The third-order valence-corrected chi connectivity index (χ3v) is 3.31. The number of hydrogen-bond acceptors (Lipinski definition) is 6. The number of rotatable bonds is 4. The Balaban J connectivity index is 2.20. The van der Waals surface area contributed by atoms with Crippen LogP contribution in [-0.4, -0.2) is 18.1 Å². The van der Waals surface area contributed by atoms with Crippen molar-refractivity contribution in [2.24, 2.45) is 0 Å². The normalized spacial score (nSPS) is 10.2. The Hall–Kier alpha value is -2.08. The Labute approximate surface area is 115 Å². The van der Waals surface area contributed by atoms with Gasteiger partial charge < -0.3 is 15.2 Å². The van der Waals surface area contributed by atoms with Crippen LogP contribution >= 0.6 is 11.3 Å². The van der Waals surface area contributed by atoms with Crippen molar-refractivity contribution in [1.29, 1.82) is 0 Å². The summed E-state index contributed by atoms with van der Waals surface area (Å²) in [6, 6.07) is 5.04. The van der Waals surface area contributed by atoms with Gasteiger partial charge in [-0.25, -0.2) is 9.78 Å². The summed E-state index contributed by atoms with van der Waals surface area (Å²) >= 11 is 1.55. The van der Waals surface area contributed by atoms with Crippen LogP contribution in [-0.2, 0) is 11.3 Å². The molecular formula is C13H14N2O3S. The summed E-state index contributed by atoms with van der Waals surface area (Å²) in [6.45, 7) is 2.21. The number of ether oxygens (including phenoxy) is 2. The monoisotopic (exact) mass is 278 g/mol. The maximum Gasteiger partial charge on any atom is 0.343 e. The molecule has 0 saturated carbocycles. The highest BCUT2D eigenvalue weighted by Crippen LogP contribution is 2.26. The van der Waals surface area contributed by atoms with Gasteiger partial charge in [-0.2, -0.15) is 0 Å². The summed E-state index contributed by atoms with van der Waals surface area (Å²) in [6.07, 6.45) is 0. The fraction of sp³-hybridized carbons (Fsp3) is 0.231. The number of hydrogen-bond donors (Lipinski definition) is 1. The minimum atomic E-state index is -0.512. The van der Waals surface area contributed by atoms with Crippen LogP contribution in [0.2, 0.25) is 0 Å². The molecule has 100 valence electrons. The summed E-state index contributed by atoms with van der Waals surface area (Å²) in [5, 5.41) is 2.89. The molecule has 0 spiro atoms. The zero-order valence-corrected chi connectivity index (χ0v) is 11.5. The predicted octanol–water partition coefficient (Wildman–Crippen LogP) is 2.40. The second-order valence-corrected chi connectivity index (χ2v) is 4.92. The lowest BCUT2D eigenvalue weighted by Gasteiger charge is -2.11. The maximum absolute atomic E-state index is 11.7. The number of carbonyl (C=O) groups excluding carboxylic acids is 1. The Morgan fingerprint density at radius 3 is 2.89 bits per heavy atom. The van der Waals surface area contributed by atoms with Gasteiger partial charge in [-0.05, 0) is 19.1 Å². The van der Waals surface area contributed by atoms with E-state index in [1.54, 1.807) is 29.5 Å². The van der Waals surface area contributed by atoms with Gasteiger partial charge in [0.15, 0.2) is 0 Å². The highest BCUT2D eigenvalue weighted by atomic mass is 32.1. The van der Waals surface area contributed by atoms with Crippen LogP contribution in [0.1, 0.15) is 21.1 Å². The average Bonchev–Trinajstić information content (AvgIpc) is 2.81. The third kappa shape index (κ3) is 3.03. The molecule has 0 unspecified atom stereocenters. The first-order valence-electron chi connectivity index (χ1n) is 5.62. The van der Waals surface area contributed by atoms with Gasteiger partial charge in [-0.1, -0.05) is 6.07 Å². The number of nitrogens with zero attached hydrogens (tertiary/aromatic N) is 1. The van der Waals surface area contributed by atoms with Crippen LogP contribution < -0.4 is 10.5 Å². The van der Waals surface area contributed by atoms with Gasteiger partial charge in [0.25, 0.3) is 0 Å². The molecule has 0 amide bonds. The number of aromatic nitrogens is 1. The van der Waals surface area contributed by atoms with Crippen molar-refractivity contribution in [2.45, 2.75) is 13.5 Å². The number of methoxy groups -OCH3 is 1.